The second kappa shape index (κ2) is 9.34. The van der Waals surface area contributed by atoms with Crippen molar-refractivity contribution < 1.29 is 39.4 Å². The molecule has 4 aromatic rings. The number of alkyl halides is 3. The molecule has 0 spiro atoms. The minimum absolute atomic E-state index is 0.131. The Morgan fingerprint density at radius 3 is 2.34 bits per heavy atom. The molecule has 1 N–H and O–H groups in total. The molecule has 1 atom stereocenters. The van der Waals surface area contributed by atoms with Gasteiger partial charge >= 0.3 is 17.7 Å². The van der Waals surface area contributed by atoms with E-state index in [2.05, 4.69) is 4.74 Å². The monoisotopic (exact) mass is 526 g/mol. The lowest BCUT2D eigenvalue weighted by atomic mass is 10.2. The maximum atomic E-state index is 13.2. The van der Waals surface area contributed by atoms with E-state index >= 15 is 0 Å². The Balaban J connectivity index is 1.73. The van der Waals surface area contributed by atoms with Gasteiger partial charge in [-0.15, -0.1) is 17.5 Å². The van der Waals surface area contributed by atoms with Crippen molar-refractivity contribution in [2.75, 3.05) is 12.1 Å². The van der Waals surface area contributed by atoms with Crippen molar-refractivity contribution in [2.45, 2.75) is 16.2 Å². The Labute approximate surface area is 200 Å². The number of fused-ring (bicyclic) bond motifs is 1. The molecule has 8 nitrogen and oxygen atoms in total. The molecular weight excluding hydrogens is 509 g/mol. The van der Waals surface area contributed by atoms with Crippen LogP contribution in [0.1, 0.15) is 0 Å². The fourth-order valence-electron chi connectivity index (χ4n) is 3.45. The number of hydrogen-bond acceptors (Lipinski definition) is 6. The average Bonchev–Trinajstić information content (AvgIpc) is 3.21. The highest BCUT2D eigenvalue weighted by atomic mass is 32.2. The summed E-state index contributed by atoms with van der Waals surface area (Å²) in [5.41, 5.74) is 1.58. The number of rotatable bonds is 7. The first-order chi connectivity index (χ1) is 16.4. The van der Waals surface area contributed by atoms with Gasteiger partial charge in [-0.05, 0) is 54.6 Å². The molecule has 0 aliphatic rings. The smallest absolute Gasteiger partial charge is 0.406 e. The lowest BCUT2D eigenvalue weighted by Gasteiger charge is -2.16. The van der Waals surface area contributed by atoms with Crippen LogP contribution < -0.4 is 9.80 Å². The van der Waals surface area contributed by atoms with Gasteiger partial charge in [0.05, 0.1) is 21.0 Å². The van der Waals surface area contributed by atoms with Gasteiger partial charge in [-0.3, -0.25) is 4.55 Å². The SMILES string of the molecule is CN(OS(=O)O)c1ccc2ccn(-c3cccc(S(=O)(=O)c4cccc(OC(F)(F)F)c4)c3)c2c1. The standard InChI is InChI=1S/C22H17F3N2O6S2/c1-26(33-34(28)29)16-9-8-15-10-11-27(21(15)13-16)17-4-2-6-19(12-17)35(30,31)20-7-3-5-18(14-20)32-22(23,24)25/h2-14H,1H3,(H,28,29). The molecule has 0 saturated heterocycles. The fraction of sp³-hybridized carbons (Fsp3) is 0.0909. The first-order valence-electron chi connectivity index (χ1n) is 9.79. The van der Waals surface area contributed by atoms with E-state index < -0.39 is 33.3 Å². The molecular formula is C22H17F3N2O6S2. The van der Waals surface area contributed by atoms with Gasteiger partial charge in [0.1, 0.15) is 5.75 Å². The van der Waals surface area contributed by atoms with Crippen LogP contribution in [0.3, 0.4) is 0 Å². The van der Waals surface area contributed by atoms with Crippen LogP contribution >= 0.6 is 0 Å². The highest BCUT2D eigenvalue weighted by Gasteiger charge is 2.31. The predicted molar refractivity (Wildman–Crippen MR) is 122 cm³/mol. The molecule has 35 heavy (non-hydrogen) atoms. The van der Waals surface area contributed by atoms with Gasteiger partial charge in [0.25, 0.3) is 0 Å². The Kier molecular flexibility index (Phi) is 6.60. The summed E-state index contributed by atoms with van der Waals surface area (Å²) in [5.74, 6) is -0.645. The average molecular weight is 527 g/mol. The molecule has 1 unspecified atom stereocenters. The fourth-order valence-corrected chi connectivity index (χ4v) is 5.06. The van der Waals surface area contributed by atoms with Crippen molar-refractivity contribution >= 4 is 37.8 Å². The number of anilines is 1. The summed E-state index contributed by atoms with van der Waals surface area (Å²) < 4.78 is 94.2. The first-order valence-corrected chi connectivity index (χ1v) is 12.3. The lowest BCUT2D eigenvalue weighted by molar-refractivity contribution is -0.274. The van der Waals surface area contributed by atoms with Gasteiger partial charge in [-0.25, -0.2) is 13.5 Å². The molecule has 0 bridgehead atoms. The maximum Gasteiger partial charge on any atom is 0.573 e. The van der Waals surface area contributed by atoms with Gasteiger partial charge in [-0.1, -0.05) is 18.2 Å². The zero-order valence-corrected chi connectivity index (χ0v) is 19.5. The van der Waals surface area contributed by atoms with Crippen LogP contribution in [0, 0.1) is 0 Å². The second-order valence-electron chi connectivity index (χ2n) is 7.24. The van der Waals surface area contributed by atoms with E-state index in [0.717, 1.165) is 28.6 Å². The van der Waals surface area contributed by atoms with Crippen LogP contribution in [0.2, 0.25) is 0 Å². The molecule has 184 valence electrons. The number of hydrogen-bond donors (Lipinski definition) is 1. The molecule has 13 heteroatoms. The van der Waals surface area contributed by atoms with E-state index in [1.165, 1.54) is 31.3 Å². The van der Waals surface area contributed by atoms with Gasteiger partial charge in [0.15, 0.2) is 0 Å². The van der Waals surface area contributed by atoms with Gasteiger partial charge in [0.2, 0.25) is 9.84 Å². The van der Waals surface area contributed by atoms with Crippen LogP contribution in [-0.2, 0) is 25.5 Å². The molecule has 3 aromatic carbocycles. The summed E-state index contributed by atoms with van der Waals surface area (Å²) in [5, 5.41) is 1.92. The van der Waals surface area contributed by atoms with E-state index in [0.29, 0.717) is 16.9 Å². The van der Waals surface area contributed by atoms with Crippen LogP contribution in [0.25, 0.3) is 16.6 Å². The van der Waals surface area contributed by atoms with Crippen molar-refractivity contribution in [3.8, 4) is 11.4 Å². The van der Waals surface area contributed by atoms with Crippen molar-refractivity contribution in [1.29, 1.82) is 0 Å². The third kappa shape index (κ3) is 5.48. The third-order valence-electron chi connectivity index (χ3n) is 4.97. The number of benzene rings is 3. The summed E-state index contributed by atoms with van der Waals surface area (Å²) in [4.78, 5) is -0.486. The number of sulfone groups is 1. The zero-order chi connectivity index (χ0) is 25.4. The predicted octanol–water partition coefficient (Wildman–Crippen LogP) is 4.87. The van der Waals surface area contributed by atoms with Crippen molar-refractivity contribution in [3.05, 3.63) is 79.0 Å². The normalized spacial score (nSPS) is 13.1. The number of ether oxygens (including phenoxy) is 1. The topological polar surface area (TPSA) is 98.1 Å². The summed E-state index contributed by atoms with van der Waals surface area (Å²) in [6.45, 7) is 0. The van der Waals surface area contributed by atoms with Crippen molar-refractivity contribution in [1.82, 2.24) is 4.57 Å². The van der Waals surface area contributed by atoms with Crippen LogP contribution in [-0.4, -0.2) is 35.2 Å². The lowest BCUT2D eigenvalue weighted by Crippen LogP contribution is -2.18. The highest BCUT2D eigenvalue weighted by molar-refractivity contribution is 7.91. The second-order valence-corrected chi connectivity index (χ2v) is 9.77. The molecule has 0 aliphatic heterocycles. The Morgan fingerprint density at radius 1 is 0.971 bits per heavy atom. The number of nitrogens with zero attached hydrogens (tertiary/aromatic N) is 2. The highest BCUT2D eigenvalue weighted by Crippen LogP contribution is 2.30. The van der Waals surface area contributed by atoms with Gasteiger partial charge in [0, 0.05) is 24.3 Å². The van der Waals surface area contributed by atoms with E-state index in [4.69, 9.17) is 8.84 Å². The summed E-state index contributed by atoms with van der Waals surface area (Å²) >= 11 is -2.52. The Bertz CT molecular complexity index is 1520. The molecule has 0 fully saturated rings. The Morgan fingerprint density at radius 2 is 1.66 bits per heavy atom. The molecule has 0 saturated carbocycles. The third-order valence-corrected chi connectivity index (χ3v) is 7.07. The largest absolute Gasteiger partial charge is 0.573 e. The molecule has 0 amide bonds. The summed E-state index contributed by atoms with van der Waals surface area (Å²) in [6.07, 6.45) is -3.25. The van der Waals surface area contributed by atoms with E-state index in [9.17, 15) is 25.8 Å². The van der Waals surface area contributed by atoms with E-state index in [1.807, 2.05) is 0 Å². The number of aromatic nitrogens is 1. The Hall–Kier alpha value is -3.39. The van der Waals surface area contributed by atoms with Crippen LogP contribution in [0.5, 0.6) is 5.75 Å². The zero-order valence-electron chi connectivity index (χ0n) is 17.8. The number of hydroxylamine groups is 1. The minimum Gasteiger partial charge on any atom is -0.406 e. The molecule has 4 rings (SSSR count). The molecule has 1 aromatic heterocycles. The van der Waals surface area contributed by atoms with Gasteiger partial charge in [-0.2, -0.15) is 4.21 Å². The maximum absolute atomic E-state index is 13.2. The van der Waals surface area contributed by atoms with Gasteiger partial charge < -0.3 is 9.30 Å². The molecule has 0 aliphatic carbocycles. The minimum atomic E-state index is -4.96. The number of halogens is 3. The summed E-state index contributed by atoms with van der Waals surface area (Å²) in [6, 6.07) is 17.0. The van der Waals surface area contributed by atoms with E-state index in [-0.39, 0.29) is 9.79 Å². The summed E-state index contributed by atoms with van der Waals surface area (Å²) in [7, 11) is -2.72. The molecule has 1 heterocycles. The van der Waals surface area contributed by atoms with E-state index in [1.54, 1.807) is 41.1 Å². The first kappa shape index (κ1) is 24.7. The van der Waals surface area contributed by atoms with Crippen LogP contribution in [0.15, 0.2) is 88.8 Å². The van der Waals surface area contributed by atoms with Crippen molar-refractivity contribution in [3.63, 3.8) is 0 Å². The van der Waals surface area contributed by atoms with Crippen LogP contribution in [0.4, 0.5) is 18.9 Å². The molecule has 0 radical (unpaired) electrons. The van der Waals surface area contributed by atoms with Crippen molar-refractivity contribution in [2.24, 2.45) is 0 Å². The quantitative estimate of drug-likeness (QED) is 0.271.